The van der Waals surface area contributed by atoms with Gasteiger partial charge in [0.25, 0.3) is 5.56 Å². The van der Waals surface area contributed by atoms with Gasteiger partial charge in [-0.05, 0) is 50.5 Å². The highest BCUT2D eigenvalue weighted by Gasteiger charge is 2.34. The van der Waals surface area contributed by atoms with Crippen molar-refractivity contribution in [3.05, 3.63) is 70.7 Å². The Kier molecular flexibility index (Phi) is 5.62. The van der Waals surface area contributed by atoms with Gasteiger partial charge in [-0.25, -0.2) is 9.97 Å². The summed E-state index contributed by atoms with van der Waals surface area (Å²) in [5, 5.41) is 6.71. The molecule has 3 aromatic rings. The van der Waals surface area contributed by atoms with E-state index in [9.17, 15) is 18.0 Å². The zero-order chi connectivity index (χ0) is 22.0. The number of hydrogen-bond acceptors (Lipinski definition) is 6. The Hall–Kier alpha value is -3.43. The molecule has 2 atom stereocenters. The Balaban J connectivity index is 1.40. The highest BCUT2D eigenvalue weighted by molar-refractivity contribution is 5.42. The topological polar surface area (TPSA) is 84.7 Å². The van der Waals surface area contributed by atoms with Gasteiger partial charge < -0.3 is 10.6 Å². The van der Waals surface area contributed by atoms with Crippen molar-refractivity contribution in [3.8, 4) is 5.69 Å². The van der Waals surface area contributed by atoms with E-state index in [1.54, 1.807) is 24.5 Å². The molecule has 0 spiro atoms. The van der Waals surface area contributed by atoms with Gasteiger partial charge in [-0.3, -0.25) is 14.3 Å². The van der Waals surface area contributed by atoms with E-state index in [-0.39, 0.29) is 17.8 Å². The Morgan fingerprint density at radius 2 is 1.68 bits per heavy atom. The minimum atomic E-state index is -4.70. The normalized spacial score (nSPS) is 18.7. The number of nitrogens with one attached hydrogen (secondary N) is 2. The molecule has 0 aromatic carbocycles. The Labute approximate surface area is 176 Å². The molecule has 0 amide bonds. The summed E-state index contributed by atoms with van der Waals surface area (Å²) in [7, 11) is 0. The van der Waals surface area contributed by atoms with E-state index in [0.29, 0.717) is 5.82 Å². The Bertz CT molecular complexity index is 1100. The summed E-state index contributed by atoms with van der Waals surface area (Å²) in [6.45, 7) is 1.88. The van der Waals surface area contributed by atoms with Gasteiger partial charge in [-0.1, -0.05) is 0 Å². The fraction of sp³-hybridized carbons (Fsp3) is 0.333. The maximum Gasteiger partial charge on any atom is 0.421 e. The maximum absolute atomic E-state index is 13.0. The first-order chi connectivity index (χ1) is 14.8. The number of anilines is 2. The molecular formula is C21H21F3N6O. The predicted molar refractivity (Wildman–Crippen MR) is 110 cm³/mol. The molecule has 1 saturated carbocycles. The van der Waals surface area contributed by atoms with Crippen molar-refractivity contribution in [1.29, 1.82) is 0 Å². The first kappa shape index (κ1) is 20.8. The average molecular weight is 430 g/mol. The number of aromatic nitrogens is 4. The second-order valence-electron chi connectivity index (χ2n) is 7.54. The van der Waals surface area contributed by atoms with Crippen LogP contribution in [0.2, 0.25) is 0 Å². The number of nitrogens with zero attached hydrogens (tertiary/aromatic N) is 4. The molecule has 2 N–H and O–H groups in total. The standard InChI is InChI=1S/C21H21F3N6O/c1-13-10-26-19(12-25-13)29-15-5-4-14(9-15)28-18-7-6-16(11-27-18)30-8-2-3-17(20(30)31)21(22,23)24/h2-3,6-8,10-12,14-15H,4-5,9H2,1H3,(H,26,29)(H,27,28)/t14-,15-/m0/s1. The number of alkyl halides is 3. The smallest absolute Gasteiger partial charge is 0.367 e. The summed E-state index contributed by atoms with van der Waals surface area (Å²) >= 11 is 0. The third-order valence-corrected chi connectivity index (χ3v) is 5.20. The predicted octanol–water partition coefficient (Wildman–Crippen LogP) is 3.79. The van der Waals surface area contributed by atoms with Crippen molar-refractivity contribution >= 4 is 11.6 Å². The molecule has 1 aliphatic rings. The van der Waals surface area contributed by atoms with Crippen LogP contribution in [0, 0.1) is 6.92 Å². The lowest BCUT2D eigenvalue weighted by Gasteiger charge is -2.16. The molecule has 162 valence electrons. The minimum absolute atomic E-state index is 0.200. The van der Waals surface area contributed by atoms with Crippen molar-refractivity contribution in [2.24, 2.45) is 0 Å². The fourth-order valence-corrected chi connectivity index (χ4v) is 3.66. The molecule has 0 bridgehead atoms. The molecule has 10 heteroatoms. The van der Waals surface area contributed by atoms with E-state index in [2.05, 4.69) is 25.6 Å². The van der Waals surface area contributed by atoms with Crippen LogP contribution in [0.3, 0.4) is 0 Å². The quantitative estimate of drug-likeness (QED) is 0.641. The molecule has 4 rings (SSSR count). The van der Waals surface area contributed by atoms with Crippen LogP contribution in [0.4, 0.5) is 24.8 Å². The molecule has 1 fully saturated rings. The zero-order valence-corrected chi connectivity index (χ0v) is 16.7. The van der Waals surface area contributed by atoms with Gasteiger partial charge in [0, 0.05) is 18.3 Å². The highest BCUT2D eigenvalue weighted by atomic mass is 19.4. The first-order valence-corrected chi connectivity index (χ1v) is 9.86. The molecule has 1 aliphatic carbocycles. The summed E-state index contributed by atoms with van der Waals surface area (Å²) < 4.78 is 39.9. The molecule has 7 nitrogen and oxygen atoms in total. The second-order valence-corrected chi connectivity index (χ2v) is 7.54. The summed E-state index contributed by atoms with van der Waals surface area (Å²) in [5.41, 5.74) is -1.20. The van der Waals surface area contributed by atoms with E-state index in [1.807, 2.05) is 6.92 Å². The van der Waals surface area contributed by atoms with Gasteiger partial charge in [0.2, 0.25) is 0 Å². The van der Waals surface area contributed by atoms with Crippen LogP contribution in [0.15, 0.2) is 53.8 Å². The summed E-state index contributed by atoms with van der Waals surface area (Å²) in [4.78, 5) is 25.0. The van der Waals surface area contributed by atoms with Gasteiger partial charge in [0.15, 0.2) is 0 Å². The van der Waals surface area contributed by atoms with Crippen LogP contribution in [0.1, 0.15) is 30.5 Å². The lowest BCUT2D eigenvalue weighted by molar-refractivity contribution is -0.138. The van der Waals surface area contributed by atoms with Crippen LogP contribution in [0.25, 0.3) is 5.69 Å². The summed E-state index contributed by atoms with van der Waals surface area (Å²) in [6.07, 6.45) is 4.18. The number of hydrogen-bond donors (Lipinski definition) is 2. The summed E-state index contributed by atoms with van der Waals surface area (Å²) in [5.74, 6) is 1.34. The molecule has 0 unspecified atom stereocenters. The van der Waals surface area contributed by atoms with Crippen LogP contribution in [-0.4, -0.2) is 31.6 Å². The van der Waals surface area contributed by atoms with Crippen molar-refractivity contribution in [2.75, 3.05) is 10.6 Å². The molecule has 3 aromatic heterocycles. The van der Waals surface area contributed by atoms with Gasteiger partial charge >= 0.3 is 6.18 Å². The molecule has 0 radical (unpaired) electrons. The second kappa shape index (κ2) is 8.37. The number of aryl methyl sites for hydroxylation is 1. The molecule has 0 aliphatic heterocycles. The molecular weight excluding hydrogens is 409 g/mol. The van der Waals surface area contributed by atoms with Crippen LogP contribution >= 0.6 is 0 Å². The fourth-order valence-electron chi connectivity index (χ4n) is 3.66. The number of rotatable bonds is 5. The van der Waals surface area contributed by atoms with Gasteiger partial charge in [-0.15, -0.1) is 0 Å². The van der Waals surface area contributed by atoms with E-state index < -0.39 is 17.3 Å². The molecule has 31 heavy (non-hydrogen) atoms. The van der Waals surface area contributed by atoms with Crippen molar-refractivity contribution in [3.63, 3.8) is 0 Å². The lowest BCUT2D eigenvalue weighted by Crippen LogP contribution is -2.27. The van der Waals surface area contributed by atoms with Crippen LogP contribution in [-0.2, 0) is 6.18 Å². The van der Waals surface area contributed by atoms with E-state index in [1.165, 1.54) is 18.5 Å². The highest BCUT2D eigenvalue weighted by Crippen LogP contribution is 2.27. The maximum atomic E-state index is 13.0. The van der Waals surface area contributed by atoms with E-state index >= 15 is 0 Å². The average Bonchev–Trinajstić information content (AvgIpc) is 3.16. The summed E-state index contributed by atoms with van der Waals surface area (Å²) in [6, 6.07) is 5.66. The SMILES string of the molecule is Cc1cnc(N[C@H]2CC[C@H](Nc3ccc(-n4cccc(C(F)(F)F)c4=O)cn3)C2)cn1. The van der Waals surface area contributed by atoms with Crippen molar-refractivity contribution < 1.29 is 13.2 Å². The number of halogens is 3. The monoisotopic (exact) mass is 430 g/mol. The molecule has 0 saturated heterocycles. The third-order valence-electron chi connectivity index (χ3n) is 5.20. The Morgan fingerprint density at radius 3 is 2.29 bits per heavy atom. The van der Waals surface area contributed by atoms with Crippen molar-refractivity contribution in [2.45, 2.75) is 44.4 Å². The number of pyridine rings is 2. The van der Waals surface area contributed by atoms with Crippen LogP contribution in [0.5, 0.6) is 0 Å². The third kappa shape index (κ3) is 4.84. The largest absolute Gasteiger partial charge is 0.421 e. The zero-order valence-electron chi connectivity index (χ0n) is 16.7. The Morgan fingerprint density at radius 1 is 0.968 bits per heavy atom. The van der Waals surface area contributed by atoms with E-state index in [0.717, 1.165) is 41.4 Å². The van der Waals surface area contributed by atoms with Crippen molar-refractivity contribution in [1.82, 2.24) is 19.5 Å². The molecule has 3 heterocycles. The lowest BCUT2D eigenvalue weighted by atomic mass is 10.2. The van der Waals surface area contributed by atoms with Crippen LogP contribution < -0.4 is 16.2 Å². The first-order valence-electron chi connectivity index (χ1n) is 9.86. The minimum Gasteiger partial charge on any atom is -0.367 e. The van der Waals surface area contributed by atoms with Gasteiger partial charge in [0.05, 0.1) is 30.0 Å². The van der Waals surface area contributed by atoms with Gasteiger partial charge in [-0.2, -0.15) is 13.2 Å². The van der Waals surface area contributed by atoms with E-state index in [4.69, 9.17) is 0 Å². The van der Waals surface area contributed by atoms with Gasteiger partial charge in [0.1, 0.15) is 17.2 Å².